The van der Waals surface area contributed by atoms with Crippen LogP contribution in [0.3, 0.4) is 0 Å². The average Bonchev–Trinajstić information content (AvgIpc) is 2.08. The molecule has 0 aliphatic carbocycles. The molecule has 0 bridgehead atoms. The zero-order valence-corrected chi connectivity index (χ0v) is 7.24. The van der Waals surface area contributed by atoms with Crippen molar-refractivity contribution in [3.05, 3.63) is 23.8 Å². The van der Waals surface area contributed by atoms with E-state index in [0.29, 0.717) is 11.3 Å². The summed E-state index contributed by atoms with van der Waals surface area (Å²) >= 11 is 0. The predicted molar refractivity (Wildman–Crippen MR) is 44.5 cm³/mol. The number of aryl methyl sites for hydroxylation is 1. The summed E-state index contributed by atoms with van der Waals surface area (Å²) in [7, 11) is 0. The van der Waals surface area contributed by atoms with Crippen molar-refractivity contribution in [3.63, 3.8) is 0 Å². The van der Waals surface area contributed by atoms with Gasteiger partial charge in [-0.1, -0.05) is 0 Å². The quantitative estimate of drug-likeness (QED) is 0.765. The standard InChI is InChI=1S/C8H11F2N3/c1-5-6(3-12-4-13-5)2-7(11)8(9)10/h3-4,7-8H,2,11H2,1H3. The SMILES string of the molecule is Cc1ncncc1CC(N)C(F)F. The molecule has 2 N–H and O–H groups in total. The smallest absolute Gasteiger partial charge is 0.253 e. The van der Waals surface area contributed by atoms with Crippen LogP contribution in [0.25, 0.3) is 0 Å². The third-order valence-electron chi connectivity index (χ3n) is 1.79. The van der Waals surface area contributed by atoms with Gasteiger partial charge in [-0.25, -0.2) is 18.7 Å². The zero-order valence-electron chi connectivity index (χ0n) is 7.24. The lowest BCUT2D eigenvalue weighted by Crippen LogP contribution is -2.31. The fraction of sp³-hybridized carbons (Fsp3) is 0.500. The highest BCUT2D eigenvalue weighted by molar-refractivity contribution is 5.15. The van der Waals surface area contributed by atoms with Crippen molar-refractivity contribution in [2.75, 3.05) is 0 Å². The Balaban J connectivity index is 2.69. The maximum atomic E-state index is 12.1. The second kappa shape index (κ2) is 4.23. The first-order chi connectivity index (χ1) is 6.11. The molecule has 0 saturated heterocycles. The van der Waals surface area contributed by atoms with Gasteiger partial charge in [0, 0.05) is 11.9 Å². The summed E-state index contributed by atoms with van der Waals surface area (Å²) < 4.78 is 24.2. The minimum Gasteiger partial charge on any atom is -0.323 e. The highest BCUT2D eigenvalue weighted by Crippen LogP contribution is 2.08. The van der Waals surface area contributed by atoms with E-state index in [1.165, 1.54) is 12.5 Å². The lowest BCUT2D eigenvalue weighted by molar-refractivity contribution is 0.116. The third kappa shape index (κ3) is 2.69. The molecular weight excluding hydrogens is 176 g/mol. The van der Waals surface area contributed by atoms with E-state index in [0.717, 1.165) is 0 Å². The number of rotatable bonds is 3. The van der Waals surface area contributed by atoms with Crippen LogP contribution < -0.4 is 5.73 Å². The molecular formula is C8H11F2N3. The first kappa shape index (κ1) is 9.98. The molecule has 1 aromatic heterocycles. The van der Waals surface area contributed by atoms with Gasteiger partial charge in [0.1, 0.15) is 6.33 Å². The lowest BCUT2D eigenvalue weighted by atomic mass is 10.1. The Morgan fingerprint density at radius 2 is 2.23 bits per heavy atom. The Morgan fingerprint density at radius 1 is 1.54 bits per heavy atom. The molecule has 0 amide bonds. The summed E-state index contributed by atoms with van der Waals surface area (Å²) in [5, 5.41) is 0. The number of nitrogens with two attached hydrogens (primary N) is 1. The second-order valence-electron chi connectivity index (χ2n) is 2.84. The molecule has 0 saturated carbocycles. The van der Waals surface area contributed by atoms with Gasteiger partial charge < -0.3 is 5.73 Å². The van der Waals surface area contributed by atoms with E-state index in [9.17, 15) is 8.78 Å². The van der Waals surface area contributed by atoms with Crippen LogP contribution in [0.4, 0.5) is 8.78 Å². The molecule has 5 heteroatoms. The first-order valence-electron chi connectivity index (χ1n) is 3.90. The van der Waals surface area contributed by atoms with Crippen molar-refractivity contribution in [3.8, 4) is 0 Å². The van der Waals surface area contributed by atoms with E-state index in [-0.39, 0.29) is 6.42 Å². The summed E-state index contributed by atoms with van der Waals surface area (Å²) in [6.45, 7) is 1.75. The average molecular weight is 187 g/mol. The normalized spacial score (nSPS) is 13.3. The van der Waals surface area contributed by atoms with Crippen LogP contribution in [0.2, 0.25) is 0 Å². The van der Waals surface area contributed by atoms with Gasteiger partial charge in [0.2, 0.25) is 0 Å². The molecule has 1 heterocycles. The van der Waals surface area contributed by atoms with Gasteiger partial charge in [-0.05, 0) is 18.9 Å². The van der Waals surface area contributed by atoms with Gasteiger partial charge in [-0.3, -0.25) is 0 Å². The monoisotopic (exact) mass is 187 g/mol. The summed E-state index contributed by atoms with van der Waals surface area (Å²) in [5.41, 5.74) is 6.59. The molecule has 3 nitrogen and oxygen atoms in total. The highest BCUT2D eigenvalue weighted by atomic mass is 19.3. The van der Waals surface area contributed by atoms with Crippen LogP contribution >= 0.6 is 0 Å². The van der Waals surface area contributed by atoms with E-state index >= 15 is 0 Å². The maximum absolute atomic E-state index is 12.1. The van der Waals surface area contributed by atoms with Crippen LogP contribution in [0.5, 0.6) is 0 Å². The minimum absolute atomic E-state index is 0.115. The fourth-order valence-corrected chi connectivity index (χ4v) is 0.963. The molecule has 1 rings (SSSR count). The number of hydrogen-bond acceptors (Lipinski definition) is 3. The predicted octanol–water partition coefficient (Wildman–Crippen LogP) is 0.920. The number of alkyl halides is 2. The number of hydrogen-bond donors (Lipinski definition) is 1. The molecule has 72 valence electrons. The van der Waals surface area contributed by atoms with Crippen molar-refractivity contribution in [1.29, 1.82) is 0 Å². The van der Waals surface area contributed by atoms with Crippen molar-refractivity contribution in [2.24, 2.45) is 5.73 Å². The summed E-state index contributed by atoms with van der Waals surface area (Å²) in [5.74, 6) is 0. The number of aromatic nitrogens is 2. The number of nitrogens with zero attached hydrogens (tertiary/aromatic N) is 2. The van der Waals surface area contributed by atoms with E-state index in [1.807, 2.05) is 0 Å². The lowest BCUT2D eigenvalue weighted by Gasteiger charge is -2.10. The Bertz CT molecular complexity index is 278. The van der Waals surface area contributed by atoms with Crippen LogP contribution in [0.15, 0.2) is 12.5 Å². The van der Waals surface area contributed by atoms with E-state index in [2.05, 4.69) is 9.97 Å². The molecule has 13 heavy (non-hydrogen) atoms. The van der Waals surface area contributed by atoms with Crippen molar-refractivity contribution in [2.45, 2.75) is 25.8 Å². The molecule has 0 radical (unpaired) electrons. The fourth-order valence-electron chi connectivity index (χ4n) is 0.963. The third-order valence-corrected chi connectivity index (χ3v) is 1.79. The molecule has 0 aliphatic heterocycles. The van der Waals surface area contributed by atoms with Crippen molar-refractivity contribution >= 4 is 0 Å². The summed E-state index contributed by atoms with van der Waals surface area (Å²) in [4.78, 5) is 7.63. The highest BCUT2D eigenvalue weighted by Gasteiger charge is 2.16. The van der Waals surface area contributed by atoms with Crippen LogP contribution in [0, 0.1) is 6.92 Å². The Labute approximate surface area is 75.0 Å². The molecule has 1 aromatic rings. The summed E-state index contributed by atoms with van der Waals surface area (Å²) in [6, 6.07) is -1.13. The first-order valence-corrected chi connectivity index (χ1v) is 3.90. The molecule has 0 aromatic carbocycles. The van der Waals surface area contributed by atoms with Crippen molar-refractivity contribution < 1.29 is 8.78 Å². The molecule has 0 aliphatic rings. The van der Waals surface area contributed by atoms with Crippen LogP contribution in [-0.2, 0) is 6.42 Å². The van der Waals surface area contributed by atoms with E-state index in [1.54, 1.807) is 6.92 Å². The Kier molecular flexibility index (Phi) is 3.25. The van der Waals surface area contributed by atoms with E-state index < -0.39 is 12.5 Å². The maximum Gasteiger partial charge on any atom is 0.253 e. The molecule has 0 spiro atoms. The van der Waals surface area contributed by atoms with Gasteiger partial charge >= 0.3 is 0 Å². The Hall–Kier alpha value is -1.10. The summed E-state index contributed by atoms with van der Waals surface area (Å²) in [6.07, 6.45) is 0.515. The molecule has 1 atom stereocenters. The van der Waals surface area contributed by atoms with Crippen LogP contribution in [-0.4, -0.2) is 22.4 Å². The minimum atomic E-state index is -2.50. The van der Waals surface area contributed by atoms with Gasteiger partial charge in [0.15, 0.2) is 0 Å². The second-order valence-corrected chi connectivity index (χ2v) is 2.84. The van der Waals surface area contributed by atoms with Crippen molar-refractivity contribution in [1.82, 2.24) is 9.97 Å². The Morgan fingerprint density at radius 3 is 2.77 bits per heavy atom. The van der Waals surface area contributed by atoms with Crippen LogP contribution in [0.1, 0.15) is 11.3 Å². The number of halogens is 2. The molecule has 0 fully saturated rings. The zero-order chi connectivity index (χ0) is 9.84. The molecule has 1 unspecified atom stereocenters. The topological polar surface area (TPSA) is 51.8 Å². The largest absolute Gasteiger partial charge is 0.323 e. The van der Waals surface area contributed by atoms with E-state index in [4.69, 9.17) is 5.73 Å². The van der Waals surface area contributed by atoms with Gasteiger partial charge in [-0.15, -0.1) is 0 Å². The van der Waals surface area contributed by atoms with Gasteiger partial charge in [0.05, 0.1) is 6.04 Å². The van der Waals surface area contributed by atoms with Gasteiger partial charge in [-0.2, -0.15) is 0 Å². The van der Waals surface area contributed by atoms with Gasteiger partial charge in [0.25, 0.3) is 6.43 Å².